The lowest BCUT2D eigenvalue weighted by Crippen LogP contribution is -2.46. The molecule has 1 aliphatic rings. The van der Waals surface area contributed by atoms with E-state index in [4.69, 9.17) is 5.73 Å². The minimum atomic E-state index is -0.255. The lowest BCUT2D eigenvalue weighted by atomic mass is 9.96. The maximum absolute atomic E-state index is 12.0. The van der Waals surface area contributed by atoms with Gasteiger partial charge in [0.25, 0.3) is 0 Å². The molecule has 1 saturated heterocycles. The molecule has 1 aromatic rings. The van der Waals surface area contributed by atoms with Crippen LogP contribution >= 0.6 is 0 Å². The van der Waals surface area contributed by atoms with Gasteiger partial charge in [0.15, 0.2) is 0 Å². The van der Waals surface area contributed by atoms with Crippen molar-refractivity contribution in [3.05, 3.63) is 35.4 Å². The third kappa shape index (κ3) is 4.48. The molecule has 3 amide bonds. The Morgan fingerprint density at radius 2 is 2.05 bits per heavy atom. The van der Waals surface area contributed by atoms with Crippen molar-refractivity contribution in [1.29, 1.82) is 0 Å². The molecule has 0 aliphatic carbocycles. The van der Waals surface area contributed by atoms with Gasteiger partial charge >= 0.3 is 6.03 Å². The highest BCUT2D eigenvalue weighted by Crippen LogP contribution is 2.16. The Morgan fingerprint density at radius 1 is 1.33 bits per heavy atom. The number of primary amides is 1. The summed E-state index contributed by atoms with van der Waals surface area (Å²) in [4.78, 5) is 24.9. The number of urea groups is 1. The van der Waals surface area contributed by atoms with E-state index < -0.39 is 0 Å². The summed E-state index contributed by atoms with van der Waals surface area (Å²) >= 11 is 0. The Labute approximate surface area is 125 Å². The molecule has 0 bridgehead atoms. The van der Waals surface area contributed by atoms with E-state index in [1.807, 2.05) is 6.07 Å². The number of benzene rings is 1. The van der Waals surface area contributed by atoms with Crippen molar-refractivity contribution in [3.8, 4) is 0 Å². The number of likely N-dealkylation sites (tertiary alicyclic amines) is 1. The van der Waals surface area contributed by atoms with Crippen LogP contribution in [0.4, 0.5) is 4.79 Å². The maximum Gasteiger partial charge on any atom is 0.317 e. The molecule has 0 spiro atoms. The number of nitrogens with one attached hydrogen (secondary N) is 1. The number of rotatable bonds is 4. The van der Waals surface area contributed by atoms with Crippen molar-refractivity contribution in [3.63, 3.8) is 0 Å². The van der Waals surface area contributed by atoms with Crippen LogP contribution in [-0.4, -0.2) is 36.5 Å². The first-order valence-corrected chi connectivity index (χ1v) is 7.44. The molecule has 5 nitrogen and oxygen atoms in total. The van der Waals surface area contributed by atoms with Crippen LogP contribution in [-0.2, 0) is 11.2 Å². The van der Waals surface area contributed by atoms with E-state index in [0.717, 1.165) is 6.42 Å². The van der Waals surface area contributed by atoms with E-state index in [1.54, 1.807) is 4.90 Å². The van der Waals surface area contributed by atoms with Crippen molar-refractivity contribution < 1.29 is 9.59 Å². The van der Waals surface area contributed by atoms with Crippen molar-refractivity contribution in [1.82, 2.24) is 10.2 Å². The van der Waals surface area contributed by atoms with Gasteiger partial charge in [-0.15, -0.1) is 0 Å². The zero-order chi connectivity index (χ0) is 15.2. The molecule has 1 heterocycles. The lowest BCUT2D eigenvalue weighted by molar-refractivity contribution is -0.123. The zero-order valence-electron chi connectivity index (χ0n) is 12.5. The Morgan fingerprint density at radius 3 is 2.67 bits per heavy atom. The Kier molecular flexibility index (Phi) is 5.20. The molecule has 1 fully saturated rings. The summed E-state index contributed by atoms with van der Waals surface area (Å²) in [7, 11) is 0. The third-order valence-electron chi connectivity index (χ3n) is 3.96. The number of aryl methyl sites for hydroxylation is 1. The van der Waals surface area contributed by atoms with Gasteiger partial charge in [-0.1, -0.05) is 29.8 Å². The van der Waals surface area contributed by atoms with Crippen molar-refractivity contribution >= 4 is 11.9 Å². The Bertz CT molecular complexity index is 508. The van der Waals surface area contributed by atoms with E-state index in [-0.39, 0.29) is 17.9 Å². The van der Waals surface area contributed by atoms with Gasteiger partial charge in [-0.05, 0) is 31.7 Å². The second kappa shape index (κ2) is 7.11. The van der Waals surface area contributed by atoms with Gasteiger partial charge in [-0.25, -0.2) is 4.79 Å². The summed E-state index contributed by atoms with van der Waals surface area (Å²) < 4.78 is 0. The number of carbonyl (C=O) groups excluding carboxylic acids is 2. The number of piperidine rings is 1. The topological polar surface area (TPSA) is 75.4 Å². The fraction of sp³-hybridized carbons (Fsp3) is 0.500. The van der Waals surface area contributed by atoms with Crippen LogP contribution in [0.15, 0.2) is 24.3 Å². The van der Waals surface area contributed by atoms with Crippen LogP contribution in [0.2, 0.25) is 0 Å². The van der Waals surface area contributed by atoms with Gasteiger partial charge in [0, 0.05) is 25.6 Å². The lowest BCUT2D eigenvalue weighted by Gasteiger charge is -2.30. The van der Waals surface area contributed by atoms with Gasteiger partial charge in [0.05, 0.1) is 0 Å². The van der Waals surface area contributed by atoms with E-state index in [9.17, 15) is 9.59 Å². The third-order valence-corrected chi connectivity index (χ3v) is 3.96. The van der Waals surface area contributed by atoms with Crippen molar-refractivity contribution in [2.24, 2.45) is 11.7 Å². The summed E-state index contributed by atoms with van der Waals surface area (Å²) in [6.07, 6.45) is 2.16. The van der Waals surface area contributed by atoms with Crippen LogP contribution < -0.4 is 11.1 Å². The average molecular weight is 289 g/mol. The van der Waals surface area contributed by atoms with E-state index in [2.05, 4.69) is 30.4 Å². The highest BCUT2D eigenvalue weighted by Gasteiger charge is 2.25. The first-order valence-electron chi connectivity index (χ1n) is 7.44. The van der Waals surface area contributed by atoms with Crippen LogP contribution in [0, 0.1) is 12.8 Å². The fourth-order valence-electron chi connectivity index (χ4n) is 2.66. The maximum atomic E-state index is 12.0. The standard InChI is InChI=1S/C16H23N3O2/c1-12-3-2-4-13(11-12)5-8-18-16(21)19-9-6-14(7-10-19)15(17)20/h2-4,11,14H,5-10H2,1H3,(H2,17,20)(H,18,21). The van der Waals surface area contributed by atoms with Crippen LogP contribution in [0.5, 0.6) is 0 Å². The highest BCUT2D eigenvalue weighted by molar-refractivity contribution is 5.78. The van der Waals surface area contributed by atoms with E-state index in [0.29, 0.717) is 32.5 Å². The predicted octanol–water partition coefficient (Wildman–Crippen LogP) is 1.44. The molecule has 114 valence electrons. The quantitative estimate of drug-likeness (QED) is 0.880. The largest absolute Gasteiger partial charge is 0.369 e. The number of hydrogen-bond donors (Lipinski definition) is 2. The fourth-order valence-corrected chi connectivity index (χ4v) is 2.66. The second-order valence-corrected chi connectivity index (χ2v) is 5.63. The number of amides is 3. The number of carbonyl (C=O) groups is 2. The molecule has 2 rings (SSSR count). The number of nitrogens with zero attached hydrogens (tertiary/aromatic N) is 1. The molecular formula is C16H23N3O2. The summed E-state index contributed by atoms with van der Waals surface area (Å²) in [5.74, 6) is -0.337. The minimum Gasteiger partial charge on any atom is -0.369 e. The Balaban J connectivity index is 1.72. The monoisotopic (exact) mass is 289 g/mol. The summed E-state index contributed by atoms with van der Waals surface area (Å²) in [6.45, 7) is 3.89. The molecule has 21 heavy (non-hydrogen) atoms. The molecule has 0 radical (unpaired) electrons. The predicted molar refractivity (Wildman–Crippen MR) is 81.8 cm³/mol. The summed E-state index contributed by atoms with van der Waals surface area (Å²) in [6, 6.07) is 8.24. The van der Waals surface area contributed by atoms with Gasteiger partial charge in [-0.3, -0.25) is 4.79 Å². The molecular weight excluding hydrogens is 266 g/mol. The molecule has 5 heteroatoms. The van der Waals surface area contributed by atoms with Crippen LogP contribution in [0.3, 0.4) is 0 Å². The van der Waals surface area contributed by atoms with Gasteiger partial charge in [-0.2, -0.15) is 0 Å². The molecule has 1 aromatic carbocycles. The number of hydrogen-bond acceptors (Lipinski definition) is 2. The van der Waals surface area contributed by atoms with E-state index >= 15 is 0 Å². The first-order chi connectivity index (χ1) is 10.1. The molecule has 0 saturated carbocycles. The molecule has 0 unspecified atom stereocenters. The van der Waals surface area contributed by atoms with Crippen molar-refractivity contribution in [2.45, 2.75) is 26.2 Å². The molecule has 3 N–H and O–H groups in total. The van der Waals surface area contributed by atoms with Gasteiger partial charge in [0.2, 0.25) is 5.91 Å². The SMILES string of the molecule is Cc1cccc(CCNC(=O)N2CCC(C(N)=O)CC2)c1. The molecule has 1 aliphatic heterocycles. The summed E-state index contributed by atoms with van der Waals surface area (Å²) in [5, 5.41) is 2.94. The smallest absolute Gasteiger partial charge is 0.317 e. The highest BCUT2D eigenvalue weighted by atomic mass is 16.2. The molecule has 0 atom stereocenters. The zero-order valence-corrected chi connectivity index (χ0v) is 12.5. The second-order valence-electron chi connectivity index (χ2n) is 5.63. The van der Waals surface area contributed by atoms with Gasteiger partial charge < -0.3 is 16.0 Å². The number of nitrogens with two attached hydrogens (primary N) is 1. The summed E-state index contributed by atoms with van der Waals surface area (Å²) in [5.41, 5.74) is 7.74. The Hall–Kier alpha value is -2.04. The average Bonchev–Trinajstić information content (AvgIpc) is 2.47. The van der Waals surface area contributed by atoms with Gasteiger partial charge in [0.1, 0.15) is 0 Å². The normalized spacial score (nSPS) is 15.8. The minimum absolute atomic E-state index is 0.0504. The van der Waals surface area contributed by atoms with E-state index in [1.165, 1.54) is 11.1 Å². The first kappa shape index (κ1) is 15.4. The molecule has 0 aromatic heterocycles. The van der Waals surface area contributed by atoms with Crippen LogP contribution in [0.1, 0.15) is 24.0 Å². The van der Waals surface area contributed by atoms with Crippen LogP contribution in [0.25, 0.3) is 0 Å². The van der Waals surface area contributed by atoms with Crippen molar-refractivity contribution in [2.75, 3.05) is 19.6 Å².